The number of halogens is 1. The smallest absolute Gasteiger partial charge is 0.269 e. The van der Waals surface area contributed by atoms with Crippen molar-refractivity contribution in [3.8, 4) is 0 Å². The fourth-order valence-corrected chi connectivity index (χ4v) is 2.74. The molecule has 1 fully saturated rings. The zero-order valence-corrected chi connectivity index (χ0v) is 16.7. The van der Waals surface area contributed by atoms with E-state index in [-0.39, 0.29) is 34.6 Å². The molecule has 6 nitrogen and oxygen atoms in total. The van der Waals surface area contributed by atoms with E-state index in [1.807, 2.05) is 0 Å². The Morgan fingerprint density at radius 2 is 1.88 bits per heavy atom. The number of nitrogens with one attached hydrogen (secondary N) is 2. The van der Waals surface area contributed by atoms with E-state index in [2.05, 4.69) is 29.5 Å². The molecule has 0 aromatic heterocycles. The molecule has 1 aromatic carbocycles. The number of rotatable bonds is 5. The molecule has 1 aliphatic rings. The van der Waals surface area contributed by atoms with Crippen LogP contribution in [0.15, 0.2) is 29.3 Å². The molecule has 24 heavy (non-hydrogen) atoms. The van der Waals surface area contributed by atoms with E-state index in [1.165, 1.54) is 44.2 Å². The number of non-ortho nitro benzene ring substituents is 1. The zero-order valence-electron chi connectivity index (χ0n) is 14.3. The summed E-state index contributed by atoms with van der Waals surface area (Å²) in [6.07, 6.45) is 6.25. The van der Waals surface area contributed by atoms with E-state index in [0.29, 0.717) is 18.6 Å². The standard InChI is InChI=1S/C17H26N4O2.HI/c1-13(2)19-17(20-15-6-4-3-5-7-15)18-12-14-8-10-16(11-9-14)21(22)23;/h8-11,13,15H,3-7,12H2,1-2H3,(H2,18,19,20);1H. The van der Waals surface area contributed by atoms with Crippen molar-refractivity contribution in [1.82, 2.24) is 10.6 Å². The lowest BCUT2D eigenvalue weighted by Gasteiger charge is -2.26. The van der Waals surface area contributed by atoms with E-state index in [9.17, 15) is 10.1 Å². The van der Waals surface area contributed by atoms with Gasteiger partial charge in [0.05, 0.1) is 11.5 Å². The Labute approximate surface area is 160 Å². The number of aliphatic imine (C=N–C) groups is 1. The third kappa shape index (κ3) is 7.02. The summed E-state index contributed by atoms with van der Waals surface area (Å²) in [6.45, 7) is 4.68. The molecule has 0 unspecified atom stereocenters. The van der Waals surface area contributed by atoms with Crippen molar-refractivity contribution in [3.05, 3.63) is 39.9 Å². The average Bonchev–Trinajstić information content (AvgIpc) is 2.53. The highest BCUT2D eigenvalue weighted by molar-refractivity contribution is 14.0. The summed E-state index contributed by atoms with van der Waals surface area (Å²) >= 11 is 0. The topological polar surface area (TPSA) is 79.6 Å². The summed E-state index contributed by atoms with van der Waals surface area (Å²) in [5.74, 6) is 0.824. The van der Waals surface area contributed by atoms with Gasteiger partial charge in [0.15, 0.2) is 5.96 Å². The summed E-state index contributed by atoms with van der Waals surface area (Å²) in [5.41, 5.74) is 1.07. The van der Waals surface area contributed by atoms with Crippen LogP contribution in [0.5, 0.6) is 0 Å². The van der Waals surface area contributed by atoms with Gasteiger partial charge in [0.2, 0.25) is 0 Å². The SMILES string of the molecule is CC(C)NC(=NCc1ccc([N+](=O)[O-])cc1)NC1CCCCC1.I. The van der Waals surface area contributed by atoms with Gasteiger partial charge >= 0.3 is 0 Å². The number of guanidine groups is 1. The lowest BCUT2D eigenvalue weighted by Crippen LogP contribution is -2.46. The molecule has 1 aromatic rings. The molecular formula is C17H27IN4O2. The zero-order chi connectivity index (χ0) is 16.7. The van der Waals surface area contributed by atoms with E-state index in [0.717, 1.165) is 11.5 Å². The van der Waals surface area contributed by atoms with Crippen molar-refractivity contribution in [2.45, 2.75) is 64.6 Å². The van der Waals surface area contributed by atoms with Crippen molar-refractivity contribution in [2.24, 2.45) is 4.99 Å². The summed E-state index contributed by atoms with van der Waals surface area (Å²) in [7, 11) is 0. The van der Waals surface area contributed by atoms with E-state index in [1.54, 1.807) is 12.1 Å². The normalized spacial score (nSPS) is 15.7. The number of nitro groups is 1. The summed E-state index contributed by atoms with van der Waals surface area (Å²) in [5, 5.41) is 17.6. The van der Waals surface area contributed by atoms with Crippen LogP contribution in [0.2, 0.25) is 0 Å². The lowest BCUT2D eigenvalue weighted by atomic mass is 9.96. The van der Waals surface area contributed by atoms with Crippen LogP contribution in [-0.2, 0) is 6.54 Å². The second-order valence-electron chi connectivity index (χ2n) is 6.37. The summed E-state index contributed by atoms with van der Waals surface area (Å²) in [6, 6.07) is 7.36. The predicted octanol–water partition coefficient (Wildman–Crippen LogP) is 3.99. The molecule has 1 aliphatic carbocycles. The first-order valence-electron chi connectivity index (χ1n) is 8.35. The molecule has 0 heterocycles. The second kappa shape index (κ2) is 10.5. The minimum atomic E-state index is -0.385. The van der Waals surface area contributed by atoms with Crippen LogP contribution in [0.4, 0.5) is 5.69 Å². The van der Waals surface area contributed by atoms with E-state index < -0.39 is 0 Å². The van der Waals surface area contributed by atoms with Crippen molar-refractivity contribution in [1.29, 1.82) is 0 Å². The molecule has 0 atom stereocenters. The molecule has 134 valence electrons. The molecule has 0 saturated heterocycles. The van der Waals surface area contributed by atoms with Crippen molar-refractivity contribution in [2.75, 3.05) is 0 Å². The van der Waals surface area contributed by atoms with Gasteiger partial charge in [-0.25, -0.2) is 4.99 Å². The number of benzene rings is 1. The first kappa shape index (κ1) is 20.7. The molecule has 0 radical (unpaired) electrons. The molecule has 0 bridgehead atoms. The maximum Gasteiger partial charge on any atom is 0.269 e. The van der Waals surface area contributed by atoms with Crippen LogP contribution in [0.3, 0.4) is 0 Å². The quantitative estimate of drug-likeness (QED) is 0.236. The number of nitrogens with zero attached hydrogens (tertiary/aromatic N) is 2. The van der Waals surface area contributed by atoms with Crippen LogP contribution in [0.25, 0.3) is 0 Å². The Bertz CT molecular complexity index is 540. The highest BCUT2D eigenvalue weighted by Crippen LogP contribution is 2.17. The Hall–Kier alpha value is -1.38. The van der Waals surface area contributed by atoms with Gasteiger partial charge in [-0.3, -0.25) is 10.1 Å². The Morgan fingerprint density at radius 1 is 1.25 bits per heavy atom. The van der Waals surface area contributed by atoms with Gasteiger partial charge in [-0.15, -0.1) is 24.0 Å². The Kier molecular flexibility index (Phi) is 9.02. The van der Waals surface area contributed by atoms with Crippen LogP contribution in [-0.4, -0.2) is 23.0 Å². The van der Waals surface area contributed by atoms with Crippen LogP contribution in [0.1, 0.15) is 51.5 Å². The lowest BCUT2D eigenvalue weighted by molar-refractivity contribution is -0.384. The summed E-state index contributed by atoms with van der Waals surface area (Å²) < 4.78 is 0. The largest absolute Gasteiger partial charge is 0.354 e. The third-order valence-corrected chi connectivity index (χ3v) is 3.94. The van der Waals surface area contributed by atoms with Crippen LogP contribution in [0, 0.1) is 10.1 Å². The number of hydrogen-bond acceptors (Lipinski definition) is 3. The minimum absolute atomic E-state index is 0. The first-order chi connectivity index (χ1) is 11.0. The first-order valence-corrected chi connectivity index (χ1v) is 8.35. The molecule has 7 heteroatoms. The number of hydrogen-bond donors (Lipinski definition) is 2. The third-order valence-electron chi connectivity index (χ3n) is 3.94. The number of nitro benzene ring substituents is 1. The molecule has 2 N–H and O–H groups in total. The monoisotopic (exact) mass is 446 g/mol. The summed E-state index contributed by atoms with van der Waals surface area (Å²) in [4.78, 5) is 14.9. The predicted molar refractivity (Wildman–Crippen MR) is 108 cm³/mol. The molecule has 0 amide bonds. The van der Waals surface area contributed by atoms with Gasteiger partial charge in [-0.05, 0) is 32.3 Å². The Morgan fingerprint density at radius 3 is 2.42 bits per heavy atom. The van der Waals surface area contributed by atoms with Crippen molar-refractivity contribution < 1.29 is 4.92 Å². The fourth-order valence-electron chi connectivity index (χ4n) is 2.74. The van der Waals surface area contributed by atoms with E-state index in [4.69, 9.17) is 0 Å². The molecule has 0 aliphatic heterocycles. The minimum Gasteiger partial charge on any atom is -0.354 e. The van der Waals surface area contributed by atoms with Gasteiger partial charge in [0.25, 0.3) is 5.69 Å². The van der Waals surface area contributed by atoms with Gasteiger partial charge in [0, 0.05) is 24.2 Å². The molecule has 0 spiro atoms. The maximum absolute atomic E-state index is 10.7. The fraction of sp³-hybridized carbons (Fsp3) is 0.588. The van der Waals surface area contributed by atoms with Gasteiger partial charge in [-0.1, -0.05) is 31.4 Å². The molecule has 2 rings (SSSR count). The van der Waals surface area contributed by atoms with Gasteiger partial charge in [-0.2, -0.15) is 0 Å². The van der Waals surface area contributed by atoms with Gasteiger partial charge < -0.3 is 10.6 Å². The highest BCUT2D eigenvalue weighted by atomic mass is 127. The Balaban J connectivity index is 0.00000288. The second-order valence-corrected chi connectivity index (χ2v) is 6.37. The van der Waals surface area contributed by atoms with Gasteiger partial charge in [0.1, 0.15) is 0 Å². The van der Waals surface area contributed by atoms with Crippen molar-refractivity contribution >= 4 is 35.6 Å². The van der Waals surface area contributed by atoms with Crippen LogP contribution < -0.4 is 10.6 Å². The molecular weight excluding hydrogens is 419 g/mol. The maximum atomic E-state index is 10.7. The molecule has 1 saturated carbocycles. The van der Waals surface area contributed by atoms with Crippen LogP contribution >= 0.6 is 24.0 Å². The van der Waals surface area contributed by atoms with Crippen molar-refractivity contribution in [3.63, 3.8) is 0 Å². The average molecular weight is 446 g/mol. The highest BCUT2D eigenvalue weighted by Gasteiger charge is 2.15. The van der Waals surface area contributed by atoms with E-state index >= 15 is 0 Å².